The average Bonchev–Trinajstić information content (AvgIpc) is 3.37. The summed E-state index contributed by atoms with van der Waals surface area (Å²) in [6.07, 6.45) is 1.12. The molecule has 3 heteroatoms. The first-order chi connectivity index (χ1) is 28.5. The van der Waals surface area contributed by atoms with Gasteiger partial charge in [0.15, 0.2) is 0 Å². The van der Waals surface area contributed by atoms with Crippen LogP contribution in [-0.4, -0.2) is 6.71 Å². The maximum atomic E-state index is 2.69. The first-order valence-corrected chi connectivity index (χ1v) is 22.9. The van der Waals surface area contributed by atoms with Crippen LogP contribution in [0, 0.1) is 0 Å². The number of rotatable bonds is 4. The van der Waals surface area contributed by atoms with Crippen LogP contribution >= 0.6 is 0 Å². The second-order valence-electron chi connectivity index (χ2n) is 23.3. The number of hydrogen-bond donors (Lipinski definition) is 0. The van der Waals surface area contributed by atoms with Crippen LogP contribution in [0.3, 0.4) is 0 Å². The Balaban J connectivity index is 1.44. The fraction of sp³-hybridized carbons (Fsp3) is 0.379. The summed E-state index contributed by atoms with van der Waals surface area (Å²) in [6.45, 7) is 35.6. The molecule has 0 fully saturated rings. The molecule has 6 aromatic rings. The third-order valence-electron chi connectivity index (χ3n) is 14.3. The van der Waals surface area contributed by atoms with Gasteiger partial charge in [-0.1, -0.05) is 171 Å². The minimum Gasteiger partial charge on any atom is -0.311 e. The summed E-state index contributed by atoms with van der Waals surface area (Å²) in [5.74, 6) is 0.328. The molecule has 1 aliphatic carbocycles. The van der Waals surface area contributed by atoms with Gasteiger partial charge in [0.2, 0.25) is 0 Å². The van der Waals surface area contributed by atoms with Crippen LogP contribution < -0.4 is 26.2 Å². The molecule has 2 heterocycles. The van der Waals surface area contributed by atoms with Gasteiger partial charge < -0.3 is 9.80 Å². The van der Waals surface area contributed by atoms with Crippen LogP contribution in [0.25, 0.3) is 11.1 Å². The third-order valence-corrected chi connectivity index (χ3v) is 14.3. The van der Waals surface area contributed by atoms with Crippen LogP contribution in [-0.2, 0) is 27.1 Å². The molecule has 312 valence electrons. The largest absolute Gasteiger partial charge is 0.311 e. The fourth-order valence-corrected chi connectivity index (χ4v) is 11.0. The SMILES string of the molecule is CC(C)c1cc2c3c(c1)N(c1ccc(C(C)(C)C)cc1-c1ccccc1)c1cc4c(cc1B3c1cc(C(C)(C)C)ccc1N2c1ccc(C(C)(C)C)cc1)C(C)(C)CC4(C)C. The highest BCUT2D eigenvalue weighted by molar-refractivity contribution is 7.00. The summed E-state index contributed by atoms with van der Waals surface area (Å²) in [5, 5.41) is 0. The molecule has 2 nitrogen and oxygen atoms in total. The standard InChI is InChI=1S/C58H67BN2/c1-36(2)38-29-51-53-52(30-38)61(48-27-23-40(55(6,7)8)31-43(48)37-19-17-16-18-20-37)50-34-45-44(57(12,13)35-58(45,14)15)33-47(50)59(53)46-32-41(56(9,10)11)24-28-49(46)60(51)42-25-21-39(22-26-42)54(3,4)5/h16-34,36H,35H2,1-15H3. The van der Waals surface area contributed by atoms with Crippen molar-refractivity contribution >= 4 is 57.2 Å². The van der Waals surface area contributed by atoms with E-state index in [0.717, 1.165) is 6.42 Å². The molecule has 0 atom stereocenters. The molecule has 0 amide bonds. The van der Waals surface area contributed by atoms with E-state index in [2.05, 4.69) is 229 Å². The van der Waals surface area contributed by atoms with Crippen molar-refractivity contribution in [1.29, 1.82) is 0 Å². The van der Waals surface area contributed by atoms with Gasteiger partial charge in [0.1, 0.15) is 0 Å². The number of benzene rings is 6. The minimum absolute atomic E-state index is 0.00235. The Bertz CT molecular complexity index is 2690. The number of anilines is 6. The van der Waals surface area contributed by atoms with Crippen molar-refractivity contribution in [2.75, 3.05) is 9.80 Å². The van der Waals surface area contributed by atoms with Gasteiger partial charge in [0.05, 0.1) is 5.69 Å². The summed E-state index contributed by atoms with van der Waals surface area (Å²) >= 11 is 0. The van der Waals surface area contributed by atoms with Crippen molar-refractivity contribution in [2.45, 2.75) is 143 Å². The molecule has 9 rings (SSSR count). The van der Waals surface area contributed by atoms with Gasteiger partial charge in [-0.15, -0.1) is 0 Å². The van der Waals surface area contributed by atoms with Gasteiger partial charge in [-0.25, -0.2) is 0 Å². The number of fused-ring (bicyclic) bond motifs is 5. The molecule has 3 aliphatic rings. The molecule has 0 bridgehead atoms. The Labute approximate surface area is 368 Å². The van der Waals surface area contributed by atoms with E-state index in [4.69, 9.17) is 0 Å². The van der Waals surface area contributed by atoms with E-state index in [9.17, 15) is 0 Å². The van der Waals surface area contributed by atoms with Crippen LogP contribution in [0.5, 0.6) is 0 Å². The smallest absolute Gasteiger partial charge is 0.252 e. The highest BCUT2D eigenvalue weighted by Gasteiger charge is 2.48. The van der Waals surface area contributed by atoms with E-state index in [1.54, 1.807) is 0 Å². The minimum atomic E-state index is -0.00824. The van der Waals surface area contributed by atoms with Gasteiger partial charge in [0, 0.05) is 34.0 Å². The van der Waals surface area contributed by atoms with Crippen LogP contribution in [0.1, 0.15) is 150 Å². The summed E-state index contributed by atoms with van der Waals surface area (Å²) in [6, 6.07) is 45.6. The van der Waals surface area contributed by atoms with Crippen LogP contribution in [0.2, 0.25) is 0 Å². The van der Waals surface area contributed by atoms with Gasteiger partial charge in [-0.2, -0.15) is 0 Å². The fourth-order valence-electron chi connectivity index (χ4n) is 11.0. The average molecular weight is 803 g/mol. The zero-order valence-electron chi connectivity index (χ0n) is 39.7. The quantitative estimate of drug-likeness (QED) is 0.164. The molecular weight excluding hydrogens is 735 g/mol. The Morgan fingerprint density at radius 2 is 1.00 bits per heavy atom. The van der Waals surface area contributed by atoms with Crippen molar-refractivity contribution in [3.8, 4) is 11.1 Å². The second-order valence-corrected chi connectivity index (χ2v) is 23.3. The van der Waals surface area contributed by atoms with Gasteiger partial charge in [-0.05, 0) is 143 Å². The number of hydrogen-bond acceptors (Lipinski definition) is 2. The molecule has 0 aromatic heterocycles. The Hall–Kier alpha value is -5.02. The molecule has 61 heavy (non-hydrogen) atoms. The normalized spacial score (nSPS) is 16.4. The lowest BCUT2D eigenvalue weighted by atomic mass is 9.33. The summed E-state index contributed by atoms with van der Waals surface area (Å²) in [5.41, 5.74) is 22.8. The van der Waals surface area contributed by atoms with E-state index in [-0.39, 0.29) is 33.8 Å². The monoisotopic (exact) mass is 803 g/mol. The van der Waals surface area contributed by atoms with Crippen molar-refractivity contribution in [3.63, 3.8) is 0 Å². The lowest BCUT2D eigenvalue weighted by Gasteiger charge is -2.46. The van der Waals surface area contributed by atoms with Crippen molar-refractivity contribution < 1.29 is 0 Å². The highest BCUT2D eigenvalue weighted by atomic mass is 15.2. The van der Waals surface area contributed by atoms with Gasteiger partial charge >= 0.3 is 0 Å². The van der Waals surface area contributed by atoms with Crippen LogP contribution in [0.15, 0.2) is 115 Å². The summed E-state index contributed by atoms with van der Waals surface area (Å²) in [4.78, 5) is 5.28. The molecule has 0 unspecified atom stereocenters. The number of nitrogens with zero attached hydrogens (tertiary/aromatic N) is 2. The molecule has 0 radical (unpaired) electrons. The van der Waals surface area contributed by atoms with Crippen LogP contribution in [0.4, 0.5) is 34.1 Å². The lowest BCUT2D eigenvalue weighted by molar-refractivity contribution is 0.403. The first kappa shape index (κ1) is 41.3. The highest BCUT2D eigenvalue weighted by Crippen LogP contribution is 2.54. The van der Waals surface area contributed by atoms with Gasteiger partial charge in [-0.3, -0.25) is 0 Å². The predicted octanol–water partition coefficient (Wildman–Crippen LogP) is 14.4. The second kappa shape index (κ2) is 13.7. The Morgan fingerprint density at radius 1 is 0.492 bits per heavy atom. The maximum absolute atomic E-state index is 2.69. The molecule has 0 spiro atoms. The van der Waals surface area contributed by atoms with Crippen molar-refractivity contribution in [2.24, 2.45) is 0 Å². The van der Waals surface area contributed by atoms with E-state index in [1.165, 1.54) is 95.0 Å². The summed E-state index contributed by atoms with van der Waals surface area (Å²) in [7, 11) is 0. The zero-order chi connectivity index (χ0) is 43.8. The molecule has 0 saturated heterocycles. The van der Waals surface area contributed by atoms with E-state index in [0.29, 0.717) is 5.92 Å². The zero-order valence-corrected chi connectivity index (χ0v) is 39.7. The molecule has 2 aliphatic heterocycles. The Kier molecular flexibility index (Phi) is 9.31. The first-order valence-electron chi connectivity index (χ1n) is 22.9. The van der Waals surface area contributed by atoms with Crippen molar-refractivity contribution in [1.82, 2.24) is 0 Å². The topological polar surface area (TPSA) is 6.48 Å². The van der Waals surface area contributed by atoms with E-state index >= 15 is 0 Å². The molecule has 0 N–H and O–H groups in total. The van der Waals surface area contributed by atoms with Crippen molar-refractivity contribution in [3.05, 3.63) is 149 Å². The molecular formula is C58H67BN2. The van der Waals surface area contributed by atoms with E-state index in [1.807, 2.05) is 0 Å². The Morgan fingerprint density at radius 3 is 1.57 bits per heavy atom. The van der Waals surface area contributed by atoms with Gasteiger partial charge in [0.25, 0.3) is 6.71 Å². The van der Waals surface area contributed by atoms with E-state index < -0.39 is 0 Å². The third kappa shape index (κ3) is 6.77. The molecule has 0 saturated carbocycles. The summed E-state index contributed by atoms with van der Waals surface area (Å²) < 4.78 is 0. The predicted molar refractivity (Wildman–Crippen MR) is 267 cm³/mol. The lowest BCUT2D eigenvalue weighted by Crippen LogP contribution is -2.61. The molecule has 6 aromatic carbocycles. The maximum Gasteiger partial charge on any atom is 0.252 e.